The van der Waals surface area contributed by atoms with E-state index in [1.54, 1.807) is 6.07 Å². The second-order valence-electron chi connectivity index (χ2n) is 3.82. The monoisotopic (exact) mass is 314 g/mol. The van der Waals surface area contributed by atoms with Gasteiger partial charge in [0.25, 0.3) is 0 Å². The number of nitrogens with one attached hydrogen (secondary N) is 1. The molecule has 1 amide bonds. The molecule has 104 valence electrons. The van der Waals surface area contributed by atoms with E-state index in [1.807, 2.05) is 0 Å². The average Bonchev–Trinajstić information content (AvgIpc) is 2.39. The second kappa shape index (κ2) is 7.51. The minimum Gasteiger partial charge on any atom is -0.366 e. The van der Waals surface area contributed by atoms with E-state index >= 15 is 0 Å². The fourth-order valence-electron chi connectivity index (χ4n) is 1.41. The third-order valence-electron chi connectivity index (χ3n) is 2.23. The van der Waals surface area contributed by atoms with E-state index in [1.165, 1.54) is 43.6 Å². The van der Waals surface area contributed by atoms with Crippen LogP contribution in [0.4, 0.5) is 11.6 Å². The molecule has 0 fully saturated rings. The Morgan fingerprint density at radius 2 is 1.71 bits per heavy atom. The predicted octanol–water partition coefficient (Wildman–Crippen LogP) is -1.17. The number of rotatable bonds is 4. The van der Waals surface area contributed by atoms with Crippen molar-refractivity contribution in [2.45, 2.75) is 11.8 Å². The number of carbonyl (C=O) groups excluding carboxylic acids is 1. The molecule has 2 rings (SSSR count). The third-order valence-corrected chi connectivity index (χ3v) is 3.50. The van der Waals surface area contributed by atoms with Gasteiger partial charge in [0.1, 0.15) is 0 Å². The van der Waals surface area contributed by atoms with Gasteiger partial charge in [0.2, 0.25) is 15.9 Å². The molecule has 1 aromatic carbocycles. The van der Waals surface area contributed by atoms with Gasteiger partial charge >= 0.3 is 29.6 Å². The maximum Gasteiger partial charge on any atom is 1.00 e. The van der Waals surface area contributed by atoms with Gasteiger partial charge < -0.3 is 15.3 Å². The van der Waals surface area contributed by atoms with Gasteiger partial charge in [0.15, 0.2) is 0 Å². The summed E-state index contributed by atoms with van der Waals surface area (Å²) in [6.45, 7) is 1.37. The summed E-state index contributed by atoms with van der Waals surface area (Å²) in [5.74, 6) is -0.360. The molecule has 1 aromatic heterocycles. The SMILES string of the molecule is CC(=O)Nc1ccc(S(=O)(=O)[N-]c2ncccn2)cc1.[Na+]. The zero-order valence-electron chi connectivity index (χ0n) is 11.5. The van der Waals surface area contributed by atoms with Crippen molar-refractivity contribution in [3.8, 4) is 0 Å². The maximum absolute atomic E-state index is 12.0. The number of hydrogen-bond acceptors (Lipinski definition) is 5. The van der Waals surface area contributed by atoms with Crippen molar-refractivity contribution in [1.29, 1.82) is 0 Å². The summed E-state index contributed by atoms with van der Waals surface area (Å²) in [7, 11) is -3.87. The van der Waals surface area contributed by atoms with Gasteiger partial charge in [-0.25, -0.2) is 8.42 Å². The molecule has 7 nitrogen and oxygen atoms in total. The number of benzene rings is 1. The molecular weight excluding hydrogens is 303 g/mol. The van der Waals surface area contributed by atoms with Crippen LogP contribution >= 0.6 is 0 Å². The maximum atomic E-state index is 12.0. The van der Waals surface area contributed by atoms with E-state index in [0.29, 0.717) is 5.69 Å². The molecule has 1 heterocycles. The number of anilines is 1. The zero-order chi connectivity index (χ0) is 14.6. The summed E-state index contributed by atoms with van der Waals surface area (Å²) >= 11 is 0. The van der Waals surface area contributed by atoms with Gasteiger partial charge in [-0.15, -0.1) is 0 Å². The van der Waals surface area contributed by atoms with Gasteiger partial charge in [-0.05, 0) is 36.7 Å². The third kappa shape index (κ3) is 5.09. The van der Waals surface area contributed by atoms with Crippen LogP contribution in [-0.2, 0) is 14.8 Å². The molecule has 0 spiro atoms. The Kier molecular flexibility index (Phi) is 6.28. The molecule has 0 atom stereocenters. The summed E-state index contributed by atoms with van der Waals surface area (Å²) < 4.78 is 27.5. The van der Waals surface area contributed by atoms with Crippen LogP contribution in [0.15, 0.2) is 47.6 Å². The number of amides is 1. The first-order valence-corrected chi connectivity index (χ1v) is 7.04. The fraction of sp³-hybridized carbons (Fsp3) is 0.0833. The van der Waals surface area contributed by atoms with E-state index in [-0.39, 0.29) is 46.3 Å². The summed E-state index contributed by atoms with van der Waals surface area (Å²) in [6, 6.07) is 7.24. The molecular formula is C12H11N4NaO3S. The van der Waals surface area contributed by atoms with Gasteiger partial charge in [0.05, 0.1) is 4.90 Å². The van der Waals surface area contributed by atoms with Crippen molar-refractivity contribution >= 4 is 27.6 Å². The molecule has 0 unspecified atom stereocenters. The quantitative estimate of drug-likeness (QED) is 0.717. The van der Waals surface area contributed by atoms with Crippen molar-refractivity contribution < 1.29 is 42.8 Å². The Labute approximate surface area is 144 Å². The number of nitrogens with zero attached hydrogens (tertiary/aromatic N) is 3. The molecule has 0 aliphatic rings. The predicted molar refractivity (Wildman–Crippen MR) is 73.0 cm³/mol. The summed E-state index contributed by atoms with van der Waals surface area (Å²) in [5.41, 5.74) is 0.507. The largest absolute Gasteiger partial charge is 1.00 e. The van der Waals surface area contributed by atoms with Gasteiger partial charge in [-0.3, -0.25) is 9.52 Å². The summed E-state index contributed by atoms with van der Waals surface area (Å²) in [4.78, 5) is 18.3. The van der Waals surface area contributed by atoms with E-state index in [4.69, 9.17) is 0 Å². The van der Waals surface area contributed by atoms with Gasteiger partial charge in [-0.2, -0.15) is 0 Å². The zero-order valence-corrected chi connectivity index (χ0v) is 14.3. The van der Waals surface area contributed by atoms with E-state index in [9.17, 15) is 13.2 Å². The van der Waals surface area contributed by atoms with E-state index in [0.717, 1.165) is 0 Å². The van der Waals surface area contributed by atoms with Crippen molar-refractivity contribution in [3.05, 3.63) is 47.4 Å². The van der Waals surface area contributed by atoms with Crippen molar-refractivity contribution in [2.24, 2.45) is 0 Å². The van der Waals surface area contributed by atoms with Gasteiger partial charge in [-0.1, -0.05) is 6.07 Å². The van der Waals surface area contributed by atoms with Crippen LogP contribution in [0.1, 0.15) is 6.92 Å². The Hall–Kier alpha value is -1.48. The second-order valence-corrected chi connectivity index (χ2v) is 5.42. The topological polar surface area (TPSA) is 103 Å². The van der Waals surface area contributed by atoms with Crippen LogP contribution in [0.3, 0.4) is 0 Å². The molecule has 2 aromatic rings. The standard InChI is InChI=1S/C12H12N4O3S.Na/c1-9(17)15-10-3-5-11(6-4-10)20(18,19)16-12-13-7-2-8-14-12;/h2-8H,1H3,(H2,13,14,15,16,17);/q;+1/p-1. The van der Waals surface area contributed by atoms with Crippen LogP contribution in [0, 0.1) is 0 Å². The summed E-state index contributed by atoms with van der Waals surface area (Å²) in [6.07, 6.45) is 2.81. The molecule has 0 radical (unpaired) electrons. The molecule has 1 N–H and O–H groups in total. The van der Waals surface area contributed by atoms with Crippen LogP contribution in [0.25, 0.3) is 4.72 Å². The van der Waals surface area contributed by atoms with E-state index in [2.05, 4.69) is 20.0 Å². The van der Waals surface area contributed by atoms with Crippen LogP contribution in [-0.4, -0.2) is 24.3 Å². The number of hydrogen-bond donors (Lipinski definition) is 1. The van der Waals surface area contributed by atoms with Crippen molar-refractivity contribution in [2.75, 3.05) is 5.32 Å². The molecule has 0 aliphatic carbocycles. The Balaban J connectivity index is 0.00000220. The van der Waals surface area contributed by atoms with Gasteiger partial charge in [0, 0.05) is 18.6 Å². The normalized spacial score (nSPS) is 10.3. The first kappa shape index (κ1) is 17.6. The molecule has 0 aliphatic heterocycles. The molecule has 0 saturated carbocycles. The van der Waals surface area contributed by atoms with Crippen molar-refractivity contribution in [1.82, 2.24) is 9.97 Å². The first-order valence-electron chi connectivity index (χ1n) is 5.60. The smallest absolute Gasteiger partial charge is 0.366 e. The Morgan fingerprint density at radius 1 is 1.14 bits per heavy atom. The minimum atomic E-state index is -3.87. The molecule has 21 heavy (non-hydrogen) atoms. The fourth-order valence-corrected chi connectivity index (χ4v) is 2.31. The molecule has 0 saturated heterocycles. The summed E-state index contributed by atoms with van der Waals surface area (Å²) in [5, 5.41) is 2.54. The first-order chi connectivity index (χ1) is 9.47. The Bertz CT molecular complexity index is 705. The van der Waals surface area contributed by atoms with E-state index < -0.39 is 10.0 Å². The van der Waals surface area contributed by atoms with Crippen LogP contribution in [0.2, 0.25) is 0 Å². The van der Waals surface area contributed by atoms with Crippen LogP contribution in [0.5, 0.6) is 0 Å². The molecule has 0 bridgehead atoms. The Morgan fingerprint density at radius 3 is 2.24 bits per heavy atom. The van der Waals surface area contributed by atoms with Crippen molar-refractivity contribution in [3.63, 3.8) is 0 Å². The average molecular weight is 314 g/mol. The number of aromatic nitrogens is 2. The van der Waals surface area contributed by atoms with Crippen LogP contribution < -0.4 is 34.9 Å². The number of carbonyl (C=O) groups is 1. The molecule has 9 heteroatoms. The number of sulfonamides is 1. The minimum absolute atomic E-state index is 0.